The van der Waals surface area contributed by atoms with Crippen molar-refractivity contribution < 1.29 is 8.42 Å². The number of nitriles is 1. The number of nitrogens with zero attached hydrogens (tertiary/aromatic N) is 1. The molecular formula is C15H16N2O2S2. The maximum atomic E-state index is 12.1. The minimum atomic E-state index is -3.56. The molecule has 0 atom stereocenters. The highest BCUT2D eigenvalue weighted by molar-refractivity contribution is 7.91. The molecule has 0 fully saturated rings. The third-order valence-electron chi connectivity index (χ3n) is 3.07. The molecule has 6 heteroatoms. The lowest BCUT2D eigenvalue weighted by Gasteiger charge is -2.08. The second kappa shape index (κ2) is 6.39. The van der Waals surface area contributed by atoms with Crippen LogP contribution in [0, 0.1) is 11.3 Å². The van der Waals surface area contributed by atoms with Gasteiger partial charge in [0.1, 0.15) is 15.2 Å². The Labute approximate surface area is 129 Å². The van der Waals surface area contributed by atoms with Crippen molar-refractivity contribution in [3.8, 4) is 6.07 Å². The quantitative estimate of drug-likeness (QED) is 0.919. The van der Waals surface area contributed by atoms with Gasteiger partial charge in [-0.05, 0) is 29.2 Å². The van der Waals surface area contributed by atoms with Gasteiger partial charge in [0.2, 0.25) is 10.0 Å². The monoisotopic (exact) mass is 320 g/mol. The summed E-state index contributed by atoms with van der Waals surface area (Å²) in [6.45, 7) is 4.46. The van der Waals surface area contributed by atoms with E-state index >= 15 is 0 Å². The first-order valence-corrected chi connectivity index (χ1v) is 8.81. The molecule has 0 aliphatic heterocycles. The predicted octanol–water partition coefficient (Wildman–Crippen LogP) is 3.22. The van der Waals surface area contributed by atoms with E-state index in [1.54, 1.807) is 0 Å². The largest absolute Gasteiger partial charge is 0.250 e. The smallest absolute Gasteiger partial charge is 0.206 e. The minimum absolute atomic E-state index is 0.165. The Bertz CT molecular complexity index is 754. The maximum Gasteiger partial charge on any atom is 0.250 e. The number of nitrogens with one attached hydrogen (secondary N) is 1. The van der Waals surface area contributed by atoms with Crippen molar-refractivity contribution >= 4 is 21.4 Å². The van der Waals surface area contributed by atoms with E-state index in [0.717, 1.165) is 16.9 Å². The fourth-order valence-electron chi connectivity index (χ4n) is 1.79. The normalized spacial score (nSPS) is 11.5. The van der Waals surface area contributed by atoms with Crippen LogP contribution in [0.3, 0.4) is 0 Å². The van der Waals surface area contributed by atoms with Crippen LogP contribution in [0.4, 0.5) is 0 Å². The molecule has 0 bridgehead atoms. The molecule has 1 aromatic carbocycles. The fourth-order valence-corrected chi connectivity index (χ4v) is 3.96. The van der Waals surface area contributed by atoms with Crippen molar-refractivity contribution in [2.75, 3.05) is 0 Å². The van der Waals surface area contributed by atoms with E-state index in [4.69, 9.17) is 5.26 Å². The van der Waals surface area contributed by atoms with E-state index in [0.29, 0.717) is 10.8 Å². The molecule has 0 unspecified atom stereocenters. The summed E-state index contributed by atoms with van der Waals surface area (Å²) >= 11 is 0.970. The van der Waals surface area contributed by atoms with Crippen molar-refractivity contribution in [2.24, 2.45) is 0 Å². The lowest BCUT2D eigenvalue weighted by Crippen LogP contribution is -2.22. The van der Waals surface area contributed by atoms with E-state index in [9.17, 15) is 8.42 Å². The van der Waals surface area contributed by atoms with Gasteiger partial charge in [-0.2, -0.15) is 5.26 Å². The summed E-state index contributed by atoms with van der Waals surface area (Å²) in [6, 6.07) is 12.8. The molecule has 0 aliphatic carbocycles. The fraction of sp³-hybridized carbons (Fsp3) is 0.267. The van der Waals surface area contributed by atoms with Gasteiger partial charge < -0.3 is 0 Å². The van der Waals surface area contributed by atoms with E-state index in [1.807, 2.05) is 30.3 Å². The van der Waals surface area contributed by atoms with Crippen LogP contribution in [0.15, 0.2) is 40.6 Å². The number of rotatable bonds is 5. The van der Waals surface area contributed by atoms with Crippen LogP contribution >= 0.6 is 11.3 Å². The van der Waals surface area contributed by atoms with Crippen LogP contribution in [0.2, 0.25) is 0 Å². The van der Waals surface area contributed by atoms with Crippen LogP contribution in [0.1, 0.15) is 35.8 Å². The number of sulfonamides is 1. The molecule has 0 saturated heterocycles. The Kier molecular flexibility index (Phi) is 4.78. The van der Waals surface area contributed by atoms with E-state index in [-0.39, 0.29) is 10.8 Å². The summed E-state index contributed by atoms with van der Waals surface area (Å²) in [5.74, 6) is 0.450. The first-order chi connectivity index (χ1) is 9.92. The molecular weight excluding hydrogens is 304 g/mol. The Morgan fingerprint density at radius 3 is 2.38 bits per heavy atom. The van der Waals surface area contributed by atoms with Crippen LogP contribution in [-0.4, -0.2) is 8.42 Å². The van der Waals surface area contributed by atoms with Crippen molar-refractivity contribution in [3.05, 3.63) is 52.4 Å². The second-order valence-electron chi connectivity index (χ2n) is 4.95. The standard InChI is InChI=1S/C15H16N2O2S2/c1-11(2)13-5-3-12(4-6-13)10-17-21(18,19)15-8-7-14(9-16)20-15/h3-8,11,17H,10H2,1-2H3. The van der Waals surface area contributed by atoms with Crippen LogP contribution in [0.5, 0.6) is 0 Å². The Hall–Kier alpha value is -1.68. The zero-order valence-electron chi connectivity index (χ0n) is 11.8. The van der Waals surface area contributed by atoms with Crippen LogP contribution in [0.25, 0.3) is 0 Å². The molecule has 0 saturated carbocycles. The van der Waals surface area contributed by atoms with Gasteiger partial charge in [-0.3, -0.25) is 0 Å². The lowest BCUT2D eigenvalue weighted by molar-refractivity contribution is 0.583. The summed E-state index contributed by atoms with van der Waals surface area (Å²) in [6.07, 6.45) is 0. The molecule has 110 valence electrons. The minimum Gasteiger partial charge on any atom is -0.206 e. The number of hydrogen-bond acceptors (Lipinski definition) is 4. The number of benzene rings is 1. The first-order valence-electron chi connectivity index (χ1n) is 6.51. The topological polar surface area (TPSA) is 70.0 Å². The van der Waals surface area contributed by atoms with Gasteiger partial charge in [0.15, 0.2) is 0 Å². The highest BCUT2D eigenvalue weighted by Gasteiger charge is 2.16. The maximum absolute atomic E-state index is 12.1. The van der Waals surface area contributed by atoms with E-state index < -0.39 is 10.0 Å². The number of thiophene rings is 1. The van der Waals surface area contributed by atoms with Gasteiger partial charge in [-0.25, -0.2) is 13.1 Å². The van der Waals surface area contributed by atoms with Crippen molar-refractivity contribution in [1.82, 2.24) is 4.72 Å². The zero-order valence-corrected chi connectivity index (χ0v) is 13.5. The van der Waals surface area contributed by atoms with E-state index in [2.05, 4.69) is 18.6 Å². The zero-order chi connectivity index (χ0) is 15.5. The summed E-state index contributed by atoms with van der Waals surface area (Å²) in [5, 5.41) is 8.74. The summed E-state index contributed by atoms with van der Waals surface area (Å²) < 4.78 is 26.9. The van der Waals surface area contributed by atoms with Gasteiger partial charge in [0.05, 0.1) is 0 Å². The highest BCUT2D eigenvalue weighted by Crippen LogP contribution is 2.21. The molecule has 2 rings (SSSR count). The molecule has 4 nitrogen and oxygen atoms in total. The van der Waals surface area contributed by atoms with Gasteiger partial charge in [-0.1, -0.05) is 38.1 Å². The first kappa shape index (κ1) is 15.7. The molecule has 1 aromatic heterocycles. The average molecular weight is 320 g/mol. The van der Waals surface area contributed by atoms with Gasteiger partial charge in [-0.15, -0.1) is 11.3 Å². The predicted molar refractivity (Wildman–Crippen MR) is 83.6 cm³/mol. The highest BCUT2D eigenvalue weighted by atomic mass is 32.2. The molecule has 1 N–H and O–H groups in total. The molecule has 21 heavy (non-hydrogen) atoms. The van der Waals surface area contributed by atoms with Crippen molar-refractivity contribution in [3.63, 3.8) is 0 Å². The third-order valence-corrected chi connectivity index (χ3v) is 5.95. The Balaban J connectivity index is 2.06. The van der Waals surface area contributed by atoms with E-state index in [1.165, 1.54) is 17.7 Å². The molecule has 1 heterocycles. The van der Waals surface area contributed by atoms with Crippen LogP contribution < -0.4 is 4.72 Å². The Morgan fingerprint density at radius 1 is 1.19 bits per heavy atom. The molecule has 0 amide bonds. The second-order valence-corrected chi connectivity index (χ2v) is 8.03. The lowest BCUT2D eigenvalue weighted by atomic mass is 10.0. The summed E-state index contributed by atoms with van der Waals surface area (Å²) in [4.78, 5) is 0.386. The van der Waals surface area contributed by atoms with Gasteiger partial charge in [0, 0.05) is 6.54 Å². The van der Waals surface area contributed by atoms with Gasteiger partial charge in [0.25, 0.3) is 0 Å². The molecule has 0 spiro atoms. The molecule has 2 aromatic rings. The molecule has 0 radical (unpaired) electrons. The van der Waals surface area contributed by atoms with Crippen LogP contribution in [-0.2, 0) is 16.6 Å². The van der Waals surface area contributed by atoms with Crippen molar-refractivity contribution in [1.29, 1.82) is 5.26 Å². The third kappa shape index (κ3) is 3.91. The average Bonchev–Trinajstić information content (AvgIpc) is 2.95. The van der Waals surface area contributed by atoms with Gasteiger partial charge >= 0.3 is 0 Å². The SMILES string of the molecule is CC(C)c1ccc(CNS(=O)(=O)c2ccc(C#N)s2)cc1. The number of hydrogen-bond donors (Lipinski definition) is 1. The summed E-state index contributed by atoms with van der Waals surface area (Å²) in [7, 11) is -3.56. The van der Waals surface area contributed by atoms with Crippen molar-refractivity contribution in [2.45, 2.75) is 30.5 Å². The summed E-state index contributed by atoms with van der Waals surface area (Å²) in [5.41, 5.74) is 2.12. The molecule has 0 aliphatic rings. The Morgan fingerprint density at radius 2 is 1.86 bits per heavy atom.